The third-order valence-corrected chi connectivity index (χ3v) is 3.15. The van der Waals surface area contributed by atoms with E-state index in [0.29, 0.717) is 4.47 Å². The lowest BCUT2D eigenvalue weighted by atomic mass is 10.3. The fraction of sp³-hybridized carbons (Fsp3) is 0.143. The molecule has 1 aromatic carbocycles. The van der Waals surface area contributed by atoms with Crippen LogP contribution in [0.25, 0.3) is 0 Å². The van der Waals surface area contributed by atoms with Crippen molar-refractivity contribution in [1.82, 2.24) is 0 Å². The fourth-order valence-electron chi connectivity index (χ4n) is 0.703. The molecule has 13 heavy (non-hydrogen) atoms. The zero-order chi connectivity index (χ0) is 10.0. The number of rotatable bonds is 2. The van der Waals surface area contributed by atoms with Crippen LogP contribution in [0.1, 0.15) is 0 Å². The van der Waals surface area contributed by atoms with Crippen molar-refractivity contribution in [1.29, 1.82) is 0 Å². The van der Waals surface area contributed by atoms with Gasteiger partial charge >= 0.3 is 6.61 Å². The van der Waals surface area contributed by atoms with Gasteiger partial charge in [0.05, 0.1) is 4.47 Å². The molecule has 0 aliphatic heterocycles. The second-order valence-corrected chi connectivity index (χ2v) is 3.73. The monoisotopic (exact) mass is 318 g/mol. The Morgan fingerprint density at radius 2 is 1.85 bits per heavy atom. The molecule has 6 heteroatoms. The molecule has 1 aromatic rings. The predicted octanol–water partition coefficient (Wildman–Crippen LogP) is 3.95. The van der Waals surface area contributed by atoms with Crippen LogP contribution >= 0.6 is 31.9 Å². The summed E-state index contributed by atoms with van der Waals surface area (Å²) in [7, 11) is 0. The molecule has 0 atom stereocenters. The molecule has 0 saturated carbocycles. The molecule has 1 nitrogen and oxygen atoms in total. The van der Waals surface area contributed by atoms with Gasteiger partial charge in [-0.15, -0.1) is 0 Å². The Bertz CT molecular complexity index is 294. The van der Waals surface area contributed by atoms with Crippen molar-refractivity contribution in [2.24, 2.45) is 0 Å². The molecule has 1 rings (SSSR count). The Hall–Kier alpha value is -0.230. The Kier molecular flexibility index (Phi) is 3.61. The van der Waals surface area contributed by atoms with Gasteiger partial charge in [-0.2, -0.15) is 8.78 Å². The van der Waals surface area contributed by atoms with Crippen LogP contribution in [0.3, 0.4) is 0 Å². The molecule has 0 amide bonds. The first-order valence-electron chi connectivity index (χ1n) is 3.10. The highest BCUT2D eigenvalue weighted by molar-refractivity contribution is 9.13. The number of hydrogen-bond acceptors (Lipinski definition) is 1. The normalized spacial score (nSPS) is 10.6. The lowest BCUT2D eigenvalue weighted by Gasteiger charge is -2.06. The minimum atomic E-state index is -2.95. The summed E-state index contributed by atoms with van der Waals surface area (Å²) in [4.78, 5) is 0. The maximum atomic E-state index is 12.9. The molecule has 0 aliphatic rings. The van der Waals surface area contributed by atoms with E-state index >= 15 is 0 Å². The van der Waals surface area contributed by atoms with Crippen LogP contribution in [0.15, 0.2) is 21.1 Å². The number of ether oxygens (including phenoxy) is 1. The van der Waals surface area contributed by atoms with Crippen LogP contribution in [-0.2, 0) is 0 Å². The van der Waals surface area contributed by atoms with Crippen LogP contribution in [0.4, 0.5) is 13.2 Å². The van der Waals surface area contributed by atoms with E-state index in [1.165, 1.54) is 6.07 Å². The van der Waals surface area contributed by atoms with Crippen molar-refractivity contribution in [2.45, 2.75) is 6.61 Å². The van der Waals surface area contributed by atoms with Gasteiger partial charge in [-0.3, -0.25) is 0 Å². The summed E-state index contributed by atoms with van der Waals surface area (Å²) in [5, 5.41) is 0. The summed E-state index contributed by atoms with van der Waals surface area (Å²) in [5.74, 6) is -0.882. The molecule has 0 fully saturated rings. The van der Waals surface area contributed by atoms with Crippen LogP contribution < -0.4 is 4.74 Å². The van der Waals surface area contributed by atoms with Gasteiger partial charge < -0.3 is 4.74 Å². The van der Waals surface area contributed by atoms with Gasteiger partial charge in [0.1, 0.15) is 11.6 Å². The summed E-state index contributed by atoms with van der Waals surface area (Å²) >= 11 is 5.89. The van der Waals surface area contributed by atoms with E-state index < -0.39 is 12.4 Å². The summed E-state index contributed by atoms with van der Waals surface area (Å²) in [5.41, 5.74) is 0. The summed E-state index contributed by atoms with van der Waals surface area (Å²) in [6.45, 7) is -2.95. The first-order chi connectivity index (χ1) is 6.00. The minimum Gasteiger partial charge on any atom is -0.435 e. The minimum absolute atomic E-state index is 0.175. The molecule has 0 unspecified atom stereocenters. The van der Waals surface area contributed by atoms with Gasteiger partial charge in [0.15, 0.2) is 0 Å². The fourth-order valence-corrected chi connectivity index (χ4v) is 1.35. The summed E-state index contributed by atoms with van der Waals surface area (Å²) in [6, 6.07) is 2.13. The first-order valence-corrected chi connectivity index (χ1v) is 4.68. The highest BCUT2D eigenvalue weighted by Crippen LogP contribution is 2.30. The van der Waals surface area contributed by atoms with E-state index in [4.69, 9.17) is 0 Å². The number of alkyl halides is 2. The van der Waals surface area contributed by atoms with Crippen molar-refractivity contribution in [3.8, 4) is 5.75 Å². The second kappa shape index (κ2) is 4.32. The van der Waals surface area contributed by atoms with Gasteiger partial charge in [0.25, 0.3) is 0 Å². The molecule has 0 aromatic heterocycles. The van der Waals surface area contributed by atoms with Crippen molar-refractivity contribution in [3.05, 3.63) is 26.9 Å². The van der Waals surface area contributed by atoms with Crippen molar-refractivity contribution >= 4 is 31.9 Å². The van der Waals surface area contributed by atoms with Crippen LogP contribution in [0.2, 0.25) is 0 Å². The molecule has 0 N–H and O–H groups in total. The predicted molar refractivity (Wildman–Crippen MR) is 48.4 cm³/mol. The number of hydrogen-bond donors (Lipinski definition) is 0. The highest BCUT2D eigenvalue weighted by atomic mass is 79.9. The van der Waals surface area contributed by atoms with Crippen LogP contribution in [-0.4, -0.2) is 6.61 Å². The van der Waals surface area contributed by atoms with E-state index in [2.05, 4.69) is 36.6 Å². The largest absolute Gasteiger partial charge is 0.435 e. The molecular weight excluding hydrogens is 317 g/mol. The smallest absolute Gasteiger partial charge is 0.387 e. The van der Waals surface area contributed by atoms with E-state index in [1.54, 1.807) is 0 Å². The van der Waals surface area contributed by atoms with E-state index in [9.17, 15) is 13.2 Å². The summed E-state index contributed by atoms with van der Waals surface area (Å²) < 4.78 is 40.8. The molecule has 72 valence electrons. The molecule has 0 saturated heterocycles. The molecular formula is C7H3Br2F3O. The molecule has 0 aliphatic carbocycles. The third-order valence-electron chi connectivity index (χ3n) is 1.18. The van der Waals surface area contributed by atoms with Gasteiger partial charge in [-0.1, -0.05) is 0 Å². The second-order valence-electron chi connectivity index (χ2n) is 2.08. The van der Waals surface area contributed by atoms with Crippen molar-refractivity contribution in [3.63, 3.8) is 0 Å². The third kappa shape index (κ3) is 2.87. The molecule has 0 radical (unpaired) electrons. The van der Waals surface area contributed by atoms with E-state index in [1.807, 2.05) is 0 Å². The van der Waals surface area contributed by atoms with Crippen LogP contribution in [0.5, 0.6) is 5.75 Å². The van der Waals surface area contributed by atoms with Gasteiger partial charge in [-0.05, 0) is 37.9 Å². The topological polar surface area (TPSA) is 9.23 Å². The van der Waals surface area contributed by atoms with Gasteiger partial charge in [-0.25, -0.2) is 4.39 Å². The van der Waals surface area contributed by atoms with Gasteiger partial charge in [0.2, 0.25) is 0 Å². The lowest BCUT2D eigenvalue weighted by Crippen LogP contribution is -2.02. The maximum Gasteiger partial charge on any atom is 0.387 e. The Balaban J connectivity index is 2.99. The lowest BCUT2D eigenvalue weighted by molar-refractivity contribution is -0.0500. The molecule has 0 heterocycles. The average molecular weight is 320 g/mol. The number of halogens is 5. The average Bonchev–Trinajstić information content (AvgIpc) is 1.98. The number of benzene rings is 1. The Morgan fingerprint density at radius 1 is 1.23 bits per heavy atom. The Morgan fingerprint density at radius 3 is 2.31 bits per heavy atom. The highest BCUT2D eigenvalue weighted by Gasteiger charge is 2.10. The zero-order valence-electron chi connectivity index (χ0n) is 6.03. The van der Waals surface area contributed by atoms with Gasteiger partial charge in [0, 0.05) is 10.5 Å². The van der Waals surface area contributed by atoms with Crippen molar-refractivity contribution in [2.75, 3.05) is 0 Å². The first kappa shape index (κ1) is 10.8. The zero-order valence-corrected chi connectivity index (χ0v) is 9.20. The molecule has 0 spiro atoms. The van der Waals surface area contributed by atoms with E-state index in [0.717, 1.165) is 6.07 Å². The maximum absolute atomic E-state index is 12.9. The van der Waals surface area contributed by atoms with E-state index in [-0.39, 0.29) is 10.2 Å². The molecule has 0 bridgehead atoms. The summed E-state index contributed by atoms with van der Waals surface area (Å²) in [6.07, 6.45) is 0. The Labute approximate surface area is 89.1 Å². The SMILES string of the molecule is Fc1cc(OC(F)F)cc(Br)c1Br. The quantitative estimate of drug-likeness (QED) is 0.750. The standard InChI is InChI=1S/C7H3Br2F3O/c8-4-1-3(13-7(11)12)2-5(10)6(4)9/h1-2,7H. The van der Waals surface area contributed by atoms with Crippen LogP contribution in [0, 0.1) is 5.82 Å². The van der Waals surface area contributed by atoms with Crippen molar-refractivity contribution < 1.29 is 17.9 Å².